The average Bonchev–Trinajstić information content (AvgIpc) is 2.82. The van der Waals surface area contributed by atoms with Crippen LogP contribution in [0.2, 0.25) is 0 Å². The van der Waals surface area contributed by atoms with E-state index in [1.807, 2.05) is 6.92 Å². The Labute approximate surface area is 229 Å². The fourth-order valence-corrected chi connectivity index (χ4v) is 5.24. The van der Waals surface area contributed by atoms with E-state index in [1.54, 1.807) is 0 Å². The van der Waals surface area contributed by atoms with Crippen LogP contribution in [0.5, 0.6) is 0 Å². The Kier molecular flexibility index (Phi) is 19.0. The van der Waals surface area contributed by atoms with Crippen LogP contribution >= 0.6 is 0 Å². The van der Waals surface area contributed by atoms with Crippen LogP contribution in [-0.4, -0.2) is 49.7 Å². The van der Waals surface area contributed by atoms with Crippen molar-refractivity contribution in [3.63, 3.8) is 0 Å². The van der Waals surface area contributed by atoms with Crippen molar-refractivity contribution in [1.82, 2.24) is 0 Å². The number of hydrogen-bond donors (Lipinski definition) is 4. The number of hydrogen-bond acceptors (Lipinski definition) is 5. The van der Waals surface area contributed by atoms with Crippen molar-refractivity contribution in [3.8, 4) is 0 Å². The van der Waals surface area contributed by atoms with E-state index in [0.29, 0.717) is 19.3 Å². The summed E-state index contributed by atoms with van der Waals surface area (Å²) in [6, 6.07) is 0. The van der Waals surface area contributed by atoms with Gasteiger partial charge in [-0.1, -0.05) is 124 Å². The van der Waals surface area contributed by atoms with Crippen molar-refractivity contribution in [3.05, 3.63) is 0 Å². The van der Waals surface area contributed by atoms with E-state index in [0.717, 1.165) is 38.0 Å². The van der Waals surface area contributed by atoms with Gasteiger partial charge in [-0.25, -0.2) is 4.79 Å². The lowest BCUT2D eigenvalue weighted by Crippen LogP contribution is -2.63. The molecule has 0 aliphatic heterocycles. The van der Waals surface area contributed by atoms with Crippen molar-refractivity contribution >= 4 is 23.7 Å². The van der Waals surface area contributed by atoms with Gasteiger partial charge < -0.3 is 20.4 Å². The number of carboxylic acid groups (broad SMARTS) is 3. The maximum Gasteiger partial charge on any atom is 0.338 e. The third-order valence-corrected chi connectivity index (χ3v) is 7.65. The van der Waals surface area contributed by atoms with E-state index in [2.05, 4.69) is 13.8 Å². The molecule has 0 bridgehead atoms. The van der Waals surface area contributed by atoms with Gasteiger partial charge in [0.2, 0.25) is 0 Å². The number of carbonyl (C=O) groups excluding carboxylic acids is 1. The van der Waals surface area contributed by atoms with Gasteiger partial charge in [-0.3, -0.25) is 14.4 Å². The quantitative estimate of drug-likeness (QED) is 0.0673. The Morgan fingerprint density at radius 1 is 0.632 bits per heavy atom. The summed E-state index contributed by atoms with van der Waals surface area (Å²) >= 11 is 0. The molecule has 0 aromatic carbocycles. The molecule has 2 atom stereocenters. The molecular weight excluding hydrogens is 488 g/mol. The number of Topliss-reactive ketones (excluding diaryl/α,β-unsaturated/α-hetero) is 1. The van der Waals surface area contributed by atoms with Gasteiger partial charge >= 0.3 is 17.9 Å². The summed E-state index contributed by atoms with van der Waals surface area (Å²) in [4.78, 5) is 48.8. The van der Waals surface area contributed by atoms with E-state index in [9.17, 15) is 39.6 Å². The maximum atomic E-state index is 13.1. The molecule has 0 fully saturated rings. The Hall–Kier alpha value is -1.96. The zero-order chi connectivity index (χ0) is 29.0. The second-order valence-corrected chi connectivity index (χ2v) is 11.4. The molecule has 0 rings (SSSR count). The molecule has 0 aliphatic carbocycles. The summed E-state index contributed by atoms with van der Waals surface area (Å²) in [6.07, 6.45) is 14.8. The molecule has 0 radical (unpaired) electrons. The lowest BCUT2D eigenvalue weighted by Gasteiger charge is -2.39. The van der Waals surface area contributed by atoms with Gasteiger partial charge in [-0.15, -0.1) is 0 Å². The predicted octanol–water partition coefficient (Wildman–Crippen LogP) is 7.00. The van der Waals surface area contributed by atoms with E-state index in [1.165, 1.54) is 51.4 Å². The fourth-order valence-electron chi connectivity index (χ4n) is 5.24. The molecular formula is C30H54O8. The van der Waals surface area contributed by atoms with Gasteiger partial charge in [-0.2, -0.15) is 0 Å². The zero-order valence-corrected chi connectivity index (χ0v) is 24.1. The topological polar surface area (TPSA) is 149 Å². The van der Waals surface area contributed by atoms with Crippen LogP contribution in [0, 0.1) is 11.3 Å². The molecule has 0 aliphatic rings. The number of unbranched alkanes of at least 4 members (excludes halogenated alkanes) is 14. The van der Waals surface area contributed by atoms with Crippen LogP contribution in [0.1, 0.15) is 149 Å². The van der Waals surface area contributed by atoms with Crippen LogP contribution in [0.25, 0.3) is 0 Å². The van der Waals surface area contributed by atoms with Crippen LogP contribution < -0.4 is 0 Å². The van der Waals surface area contributed by atoms with Gasteiger partial charge in [0.25, 0.3) is 0 Å². The van der Waals surface area contributed by atoms with Crippen molar-refractivity contribution in [1.29, 1.82) is 0 Å². The summed E-state index contributed by atoms with van der Waals surface area (Å²) in [6.45, 7) is 6.44. The molecule has 4 N–H and O–H groups in total. The molecule has 0 saturated heterocycles. The smallest absolute Gasteiger partial charge is 0.338 e. The van der Waals surface area contributed by atoms with Crippen LogP contribution in [-0.2, 0) is 19.2 Å². The molecule has 8 heteroatoms. The van der Waals surface area contributed by atoms with Crippen molar-refractivity contribution in [2.45, 2.75) is 155 Å². The minimum atomic E-state index is -3.22. The van der Waals surface area contributed by atoms with Crippen LogP contribution in [0.15, 0.2) is 0 Å². The second kappa shape index (κ2) is 20.0. The molecule has 0 heterocycles. The number of rotatable bonds is 26. The standard InChI is InChI=1S/C30H54O8/c1-4-5-17-21-25(31)29(27(34)35,30(38,28(36)37)23-26(32)33)22-19-16-14-12-10-8-6-7-9-11-13-15-18-20-24(2)3/h24,38H,4-23H2,1-3H3,(H,32,33)(H,34,35)(H,36,37). The minimum absolute atomic E-state index is 0.215. The number of aliphatic hydroxyl groups is 1. The normalized spacial score (nSPS) is 14.7. The summed E-state index contributed by atoms with van der Waals surface area (Å²) in [5.41, 5.74) is -5.91. The number of ketones is 1. The first kappa shape index (κ1) is 36.0. The molecule has 0 saturated carbocycles. The third-order valence-electron chi connectivity index (χ3n) is 7.65. The first-order valence-electron chi connectivity index (χ1n) is 14.9. The predicted molar refractivity (Wildman–Crippen MR) is 148 cm³/mol. The van der Waals surface area contributed by atoms with Crippen LogP contribution in [0.3, 0.4) is 0 Å². The average molecular weight is 543 g/mol. The molecule has 222 valence electrons. The Bertz CT molecular complexity index is 704. The summed E-state index contributed by atoms with van der Waals surface area (Å²) in [5.74, 6) is -5.57. The highest BCUT2D eigenvalue weighted by molar-refractivity contribution is 6.09. The SMILES string of the molecule is CCCCCC(=O)C(CCCCCCCCCCCCCCCC(C)C)(C(=O)O)C(O)(CC(=O)O)C(=O)O. The maximum absolute atomic E-state index is 13.1. The number of carboxylic acids is 3. The lowest BCUT2D eigenvalue weighted by atomic mass is 9.63. The first-order valence-corrected chi connectivity index (χ1v) is 14.9. The van der Waals surface area contributed by atoms with Crippen molar-refractivity contribution < 1.29 is 39.6 Å². The van der Waals surface area contributed by atoms with Gasteiger partial charge in [0.15, 0.2) is 16.8 Å². The van der Waals surface area contributed by atoms with E-state index < -0.39 is 47.5 Å². The van der Waals surface area contributed by atoms with Crippen molar-refractivity contribution in [2.24, 2.45) is 11.3 Å². The largest absolute Gasteiger partial charge is 0.481 e. The zero-order valence-electron chi connectivity index (χ0n) is 24.1. The third kappa shape index (κ3) is 12.7. The van der Waals surface area contributed by atoms with E-state index in [4.69, 9.17) is 0 Å². The molecule has 0 aromatic rings. The Morgan fingerprint density at radius 3 is 1.45 bits per heavy atom. The molecule has 2 unspecified atom stereocenters. The highest BCUT2D eigenvalue weighted by Crippen LogP contribution is 2.43. The Balaban J connectivity index is 4.71. The molecule has 0 amide bonds. The second-order valence-electron chi connectivity index (χ2n) is 11.4. The molecule has 8 nitrogen and oxygen atoms in total. The van der Waals surface area contributed by atoms with E-state index >= 15 is 0 Å². The highest BCUT2D eigenvalue weighted by Gasteiger charge is 2.65. The number of carbonyl (C=O) groups is 4. The van der Waals surface area contributed by atoms with Gasteiger partial charge in [-0.05, 0) is 18.8 Å². The fraction of sp³-hybridized carbons (Fsp3) is 0.867. The van der Waals surface area contributed by atoms with Gasteiger partial charge in [0.05, 0.1) is 6.42 Å². The molecule has 0 spiro atoms. The number of aliphatic carboxylic acids is 3. The summed E-state index contributed by atoms with van der Waals surface area (Å²) < 4.78 is 0. The molecule has 0 aromatic heterocycles. The van der Waals surface area contributed by atoms with Crippen molar-refractivity contribution in [2.75, 3.05) is 0 Å². The summed E-state index contributed by atoms with van der Waals surface area (Å²) in [7, 11) is 0. The first-order chi connectivity index (χ1) is 18.0. The highest BCUT2D eigenvalue weighted by atomic mass is 16.4. The summed E-state index contributed by atoms with van der Waals surface area (Å²) in [5, 5.41) is 39.9. The van der Waals surface area contributed by atoms with E-state index in [-0.39, 0.29) is 12.8 Å². The Morgan fingerprint density at radius 2 is 1.08 bits per heavy atom. The minimum Gasteiger partial charge on any atom is -0.481 e. The monoisotopic (exact) mass is 542 g/mol. The van der Waals surface area contributed by atoms with Gasteiger partial charge in [0, 0.05) is 6.42 Å². The molecule has 38 heavy (non-hydrogen) atoms. The van der Waals surface area contributed by atoms with Gasteiger partial charge in [0.1, 0.15) is 0 Å². The lowest BCUT2D eigenvalue weighted by molar-refractivity contribution is -0.196. The van der Waals surface area contributed by atoms with Crippen LogP contribution in [0.4, 0.5) is 0 Å².